The van der Waals surface area contributed by atoms with Gasteiger partial charge in [-0.3, -0.25) is 14.9 Å². The molecule has 1 amide bonds. The summed E-state index contributed by atoms with van der Waals surface area (Å²) in [7, 11) is 0. The molecule has 0 aliphatic rings. The Kier molecular flexibility index (Phi) is 6.92. The van der Waals surface area contributed by atoms with Crippen LogP contribution >= 0.6 is 11.6 Å². The monoisotopic (exact) mass is 384 g/mol. The number of carbonyl (C=O) groups is 1. The molecule has 0 bridgehead atoms. The van der Waals surface area contributed by atoms with Crippen LogP contribution in [0.3, 0.4) is 0 Å². The van der Waals surface area contributed by atoms with Crippen molar-refractivity contribution in [3.63, 3.8) is 0 Å². The molecule has 8 heteroatoms. The maximum Gasteiger partial charge on any atom is 0.289 e. The van der Waals surface area contributed by atoms with E-state index >= 15 is 0 Å². The quantitative estimate of drug-likeness (QED) is 0.248. The molecule has 0 radical (unpaired) electrons. The molecule has 2 aromatic carbocycles. The molecular formula is C19H17ClN4O3. The Morgan fingerprint density at radius 2 is 2.00 bits per heavy atom. The summed E-state index contributed by atoms with van der Waals surface area (Å²) >= 11 is 5.73. The number of rotatable bonds is 7. The van der Waals surface area contributed by atoms with E-state index in [-0.39, 0.29) is 22.0 Å². The molecule has 2 rings (SSSR count). The van der Waals surface area contributed by atoms with Crippen LogP contribution in [0.4, 0.5) is 11.4 Å². The number of anilines is 1. The molecule has 138 valence electrons. The predicted octanol–water partition coefficient (Wildman–Crippen LogP) is 3.73. The average molecular weight is 385 g/mol. The van der Waals surface area contributed by atoms with Crippen molar-refractivity contribution in [2.24, 2.45) is 0 Å². The molecule has 0 atom stereocenters. The molecule has 0 fully saturated rings. The van der Waals surface area contributed by atoms with Crippen LogP contribution in [-0.4, -0.2) is 17.4 Å². The highest BCUT2D eigenvalue weighted by Crippen LogP contribution is 2.27. The second-order valence-corrected chi connectivity index (χ2v) is 6.14. The van der Waals surface area contributed by atoms with Crippen LogP contribution in [0.15, 0.2) is 54.2 Å². The van der Waals surface area contributed by atoms with E-state index in [0.717, 1.165) is 18.1 Å². The first-order chi connectivity index (χ1) is 12.9. The topological polar surface area (TPSA) is 108 Å². The number of nitro benzene ring substituents is 1. The zero-order chi connectivity index (χ0) is 19.8. The number of nitriles is 1. The fraction of sp³-hybridized carbons (Fsp3) is 0.158. The van der Waals surface area contributed by atoms with Gasteiger partial charge in [0.05, 0.1) is 4.92 Å². The zero-order valence-electron chi connectivity index (χ0n) is 14.5. The van der Waals surface area contributed by atoms with Gasteiger partial charge in [0.15, 0.2) is 0 Å². The molecule has 0 aromatic heterocycles. The van der Waals surface area contributed by atoms with Gasteiger partial charge in [-0.15, -0.1) is 0 Å². The molecule has 2 N–H and O–H groups in total. The Labute approximate surface area is 161 Å². The van der Waals surface area contributed by atoms with Gasteiger partial charge in [-0.2, -0.15) is 5.26 Å². The summed E-state index contributed by atoms with van der Waals surface area (Å²) in [6.07, 6.45) is 2.06. The molecular weight excluding hydrogens is 368 g/mol. The Morgan fingerprint density at radius 3 is 2.63 bits per heavy atom. The van der Waals surface area contributed by atoms with E-state index < -0.39 is 10.8 Å². The zero-order valence-corrected chi connectivity index (χ0v) is 15.3. The number of halogens is 1. The standard InChI is InChI=1S/C19H17ClN4O3/c1-13-2-4-14(5-3-13)8-9-22-12-15(11-21)19(25)23-16-6-7-17(20)18(10-16)24(26)27/h2-7,10,12,22H,8-9H2,1H3,(H,23,25)/b15-12-. The van der Waals surface area contributed by atoms with Crippen molar-refractivity contribution in [1.29, 1.82) is 5.26 Å². The van der Waals surface area contributed by atoms with E-state index in [0.29, 0.717) is 6.54 Å². The van der Waals surface area contributed by atoms with Gasteiger partial charge in [-0.05, 0) is 31.0 Å². The van der Waals surface area contributed by atoms with Crippen LogP contribution in [-0.2, 0) is 11.2 Å². The van der Waals surface area contributed by atoms with Gasteiger partial charge >= 0.3 is 0 Å². The number of carbonyl (C=O) groups excluding carboxylic acids is 1. The van der Waals surface area contributed by atoms with Crippen molar-refractivity contribution in [3.05, 3.63) is 80.5 Å². The molecule has 0 saturated carbocycles. The minimum Gasteiger partial charge on any atom is -0.389 e. The largest absolute Gasteiger partial charge is 0.389 e. The summed E-state index contributed by atoms with van der Waals surface area (Å²) in [5.41, 5.74) is 2.03. The third kappa shape index (κ3) is 5.83. The minimum absolute atomic E-state index is 0.0354. The highest BCUT2D eigenvalue weighted by atomic mass is 35.5. The van der Waals surface area contributed by atoms with Gasteiger partial charge < -0.3 is 10.6 Å². The lowest BCUT2D eigenvalue weighted by Crippen LogP contribution is -2.18. The van der Waals surface area contributed by atoms with E-state index in [2.05, 4.69) is 10.6 Å². The fourth-order valence-corrected chi connectivity index (χ4v) is 2.41. The Balaban J connectivity index is 1.96. The van der Waals surface area contributed by atoms with Gasteiger partial charge in [0, 0.05) is 24.5 Å². The fourth-order valence-electron chi connectivity index (χ4n) is 2.22. The number of hydrogen-bond acceptors (Lipinski definition) is 5. The van der Waals surface area contributed by atoms with E-state index in [1.54, 1.807) is 6.07 Å². The average Bonchev–Trinajstić information content (AvgIpc) is 2.64. The van der Waals surface area contributed by atoms with Crippen molar-refractivity contribution in [3.8, 4) is 6.07 Å². The van der Waals surface area contributed by atoms with Gasteiger partial charge in [0.1, 0.15) is 16.7 Å². The van der Waals surface area contributed by atoms with Gasteiger partial charge in [-0.25, -0.2) is 0 Å². The van der Waals surface area contributed by atoms with E-state index in [9.17, 15) is 14.9 Å². The molecule has 0 spiro atoms. The van der Waals surface area contributed by atoms with Crippen molar-refractivity contribution >= 4 is 28.9 Å². The lowest BCUT2D eigenvalue weighted by Gasteiger charge is -2.06. The summed E-state index contributed by atoms with van der Waals surface area (Å²) < 4.78 is 0. The first-order valence-corrected chi connectivity index (χ1v) is 8.43. The molecule has 0 aliphatic carbocycles. The number of nitro groups is 1. The first kappa shape index (κ1) is 19.9. The highest BCUT2D eigenvalue weighted by Gasteiger charge is 2.15. The number of aryl methyl sites for hydroxylation is 1. The van der Waals surface area contributed by atoms with Crippen molar-refractivity contribution in [1.82, 2.24) is 5.32 Å². The maximum absolute atomic E-state index is 12.2. The minimum atomic E-state index is -0.669. The molecule has 0 aliphatic heterocycles. The van der Waals surface area contributed by atoms with Crippen LogP contribution < -0.4 is 10.6 Å². The number of nitrogens with zero attached hydrogens (tertiary/aromatic N) is 2. The van der Waals surface area contributed by atoms with Crippen LogP contribution in [0, 0.1) is 28.4 Å². The van der Waals surface area contributed by atoms with Gasteiger partial charge in [0.25, 0.3) is 11.6 Å². The summed E-state index contributed by atoms with van der Waals surface area (Å²) in [5.74, 6) is -0.669. The summed E-state index contributed by atoms with van der Waals surface area (Å²) in [4.78, 5) is 22.4. The number of benzene rings is 2. The Bertz CT molecular complexity index is 918. The molecule has 2 aromatic rings. The lowest BCUT2D eigenvalue weighted by atomic mass is 10.1. The van der Waals surface area contributed by atoms with Crippen molar-refractivity contribution in [2.45, 2.75) is 13.3 Å². The maximum atomic E-state index is 12.2. The van der Waals surface area contributed by atoms with E-state index in [1.165, 1.54) is 23.9 Å². The normalized spacial score (nSPS) is 10.8. The van der Waals surface area contributed by atoms with Crippen molar-refractivity contribution < 1.29 is 9.72 Å². The Morgan fingerprint density at radius 1 is 1.30 bits per heavy atom. The third-order valence-electron chi connectivity index (χ3n) is 3.69. The van der Waals surface area contributed by atoms with Crippen LogP contribution in [0.2, 0.25) is 5.02 Å². The van der Waals surface area contributed by atoms with E-state index in [4.69, 9.17) is 16.9 Å². The third-order valence-corrected chi connectivity index (χ3v) is 4.01. The molecule has 27 heavy (non-hydrogen) atoms. The highest BCUT2D eigenvalue weighted by molar-refractivity contribution is 6.32. The molecule has 7 nitrogen and oxygen atoms in total. The summed E-state index contributed by atoms with van der Waals surface area (Å²) in [6.45, 7) is 2.56. The summed E-state index contributed by atoms with van der Waals surface area (Å²) in [5, 5.41) is 25.4. The predicted molar refractivity (Wildman–Crippen MR) is 103 cm³/mol. The van der Waals surface area contributed by atoms with Crippen LogP contribution in [0.25, 0.3) is 0 Å². The number of amides is 1. The van der Waals surface area contributed by atoms with Gasteiger partial charge in [-0.1, -0.05) is 41.4 Å². The van der Waals surface area contributed by atoms with Crippen LogP contribution in [0.5, 0.6) is 0 Å². The molecule has 0 unspecified atom stereocenters. The smallest absolute Gasteiger partial charge is 0.289 e. The van der Waals surface area contributed by atoms with E-state index in [1.807, 2.05) is 31.2 Å². The van der Waals surface area contributed by atoms with Gasteiger partial charge in [0.2, 0.25) is 0 Å². The first-order valence-electron chi connectivity index (χ1n) is 8.05. The second kappa shape index (κ2) is 9.36. The Hall–Kier alpha value is -3.37. The van der Waals surface area contributed by atoms with Crippen LogP contribution in [0.1, 0.15) is 11.1 Å². The molecule has 0 heterocycles. The second-order valence-electron chi connectivity index (χ2n) is 5.74. The number of nitrogens with one attached hydrogen (secondary N) is 2. The molecule has 0 saturated heterocycles. The lowest BCUT2D eigenvalue weighted by molar-refractivity contribution is -0.384. The number of hydrogen-bond donors (Lipinski definition) is 2. The SMILES string of the molecule is Cc1ccc(CCN/C=C(/C#N)C(=O)Nc2ccc(Cl)c([N+](=O)[O-])c2)cc1. The van der Waals surface area contributed by atoms with Crippen molar-refractivity contribution in [2.75, 3.05) is 11.9 Å². The summed E-state index contributed by atoms with van der Waals surface area (Å²) in [6, 6.07) is 13.8.